The van der Waals surface area contributed by atoms with Crippen LogP contribution in [0.3, 0.4) is 0 Å². The quantitative estimate of drug-likeness (QED) is 0.513. The van der Waals surface area contributed by atoms with Crippen LogP contribution >= 0.6 is 0 Å². The highest BCUT2D eigenvalue weighted by Crippen LogP contribution is 2.25. The van der Waals surface area contributed by atoms with Gasteiger partial charge in [-0.2, -0.15) is 5.10 Å². The van der Waals surface area contributed by atoms with Crippen molar-refractivity contribution in [2.75, 3.05) is 13.1 Å². The zero-order valence-corrected chi connectivity index (χ0v) is 13.1. The van der Waals surface area contributed by atoms with E-state index in [-0.39, 0.29) is 5.75 Å². The van der Waals surface area contributed by atoms with Crippen LogP contribution in [0, 0.1) is 0 Å². The van der Waals surface area contributed by atoms with E-state index in [9.17, 15) is 14.7 Å². The van der Waals surface area contributed by atoms with E-state index < -0.39 is 11.8 Å². The largest absolute Gasteiger partial charge is 0.507 e. The predicted molar refractivity (Wildman–Crippen MR) is 89.3 cm³/mol. The minimum atomic E-state index is -0.801. The second kappa shape index (κ2) is 7.40. The van der Waals surface area contributed by atoms with Crippen molar-refractivity contribution in [2.24, 2.45) is 5.10 Å². The smallest absolute Gasteiger partial charge is 0.329 e. The Hall–Kier alpha value is -2.89. The number of aromatic hydroxyl groups is 1. The highest BCUT2D eigenvalue weighted by Gasteiger charge is 2.18. The molecule has 6 heteroatoms. The van der Waals surface area contributed by atoms with Gasteiger partial charge in [-0.05, 0) is 30.7 Å². The van der Waals surface area contributed by atoms with Crippen molar-refractivity contribution in [2.45, 2.75) is 13.8 Å². The molecule has 2 rings (SSSR count). The average molecular weight is 313 g/mol. The molecular weight excluding hydrogens is 294 g/mol. The summed E-state index contributed by atoms with van der Waals surface area (Å²) in [5.74, 6) is -1.38. The second-order valence-electron chi connectivity index (χ2n) is 4.90. The summed E-state index contributed by atoms with van der Waals surface area (Å²) in [6.07, 6.45) is 1.34. The summed E-state index contributed by atoms with van der Waals surface area (Å²) in [7, 11) is 0. The van der Waals surface area contributed by atoms with Crippen molar-refractivity contribution in [1.29, 1.82) is 0 Å². The number of nitrogens with one attached hydrogen (secondary N) is 1. The number of hydrogen-bond acceptors (Lipinski definition) is 4. The monoisotopic (exact) mass is 313 g/mol. The highest BCUT2D eigenvalue weighted by molar-refractivity contribution is 6.35. The number of hydrazone groups is 1. The standard InChI is InChI=1S/C17H19N3O3/c1-3-20(4-2)17(23)16(22)19-18-11-14-13-8-6-5-7-12(13)9-10-15(14)21/h5-11,21H,3-4H2,1-2H3,(H,19,22). The van der Waals surface area contributed by atoms with Gasteiger partial charge in [0, 0.05) is 18.7 Å². The molecule has 23 heavy (non-hydrogen) atoms. The Balaban J connectivity index is 2.17. The zero-order chi connectivity index (χ0) is 16.8. The van der Waals surface area contributed by atoms with Crippen LogP contribution in [0.4, 0.5) is 0 Å². The molecule has 0 aliphatic carbocycles. The lowest BCUT2D eigenvalue weighted by atomic mass is 10.0. The van der Waals surface area contributed by atoms with Crippen LogP contribution in [0.2, 0.25) is 0 Å². The maximum absolute atomic E-state index is 11.8. The summed E-state index contributed by atoms with van der Waals surface area (Å²) in [4.78, 5) is 25.0. The summed E-state index contributed by atoms with van der Waals surface area (Å²) in [6.45, 7) is 4.51. The lowest BCUT2D eigenvalue weighted by Crippen LogP contribution is -2.41. The van der Waals surface area contributed by atoms with Gasteiger partial charge in [0.2, 0.25) is 0 Å². The molecule has 2 amide bonds. The molecule has 0 aliphatic rings. The summed E-state index contributed by atoms with van der Waals surface area (Å²) < 4.78 is 0. The van der Waals surface area contributed by atoms with Gasteiger partial charge in [-0.3, -0.25) is 9.59 Å². The topological polar surface area (TPSA) is 82.0 Å². The lowest BCUT2D eigenvalue weighted by Gasteiger charge is -2.16. The predicted octanol–water partition coefficient (Wildman–Crippen LogP) is 1.86. The Labute approximate surface area is 134 Å². The first-order valence-electron chi connectivity index (χ1n) is 7.41. The number of carbonyl (C=O) groups is 2. The Morgan fingerprint density at radius 3 is 2.57 bits per heavy atom. The number of nitrogens with zero attached hydrogens (tertiary/aromatic N) is 2. The molecule has 0 heterocycles. The molecule has 120 valence electrons. The molecule has 0 aliphatic heterocycles. The summed E-state index contributed by atoms with van der Waals surface area (Å²) in [5.41, 5.74) is 2.69. The summed E-state index contributed by atoms with van der Waals surface area (Å²) in [5, 5.41) is 15.5. The highest BCUT2D eigenvalue weighted by atomic mass is 16.3. The fourth-order valence-electron chi connectivity index (χ4n) is 2.28. The number of carbonyl (C=O) groups excluding carboxylic acids is 2. The third kappa shape index (κ3) is 3.66. The van der Waals surface area contributed by atoms with Crippen LogP contribution in [-0.4, -0.2) is 41.1 Å². The van der Waals surface area contributed by atoms with E-state index in [0.717, 1.165) is 10.8 Å². The molecule has 6 nitrogen and oxygen atoms in total. The van der Waals surface area contributed by atoms with Crippen LogP contribution in [0.25, 0.3) is 10.8 Å². The third-order valence-corrected chi connectivity index (χ3v) is 3.55. The molecule has 0 saturated heterocycles. The number of rotatable bonds is 4. The first-order valence-corrected chi connectivity index (χ1v) is 7.41. The van der Waals surface area contributed by atoms with Gasteiger partial charge in [-0.15, -0.1) is 0 Å². The molecule has 0 aromatic heterocycles. The van der Waals surface area contributed by atoms with Crippen LogP contribution in [0.15, 0.2) is 41.5 Å². The van der Waals surface area contributed by atoms with Gasteiger partial charge in [0.05, 0.1) is 6.21 Å². The summed E-state index contributed by atoms with van der Waals surface area (Å²) in [6, 6.07) is 10.9. The van der Waals surface area contributed by atoms with E-state index in [1.807, 2.05) is 24.3 Å². The lowest BCUT2D eigenvalue weighted by molar-refractivity contribution is -0.145. The first kappa shape index (κ1) is 16.5. The Kier molecular flexibility index (Phi) is 5.30. The fraction of sp³-hybridized carbons (Fsp3) is 0.235. The minimum Gasteiger partial charge on any atom is -0.507 e. The van der Waals surface area contributed by atoms with Gasteiger partial charge in [-0.25, -0.2) is 5.43 Å². The maximum Gasteiger partial charge on any atom is 0.329 e. The molecule has 0 fully saturated rings. The van der Waals surface area contributed by atoms with Crippen molar-refractivity contribution in [3.8, 4) is 5.75 Å². The van der Waals surface area contributed by atoms with Gasteiger partial charge < -0.3 is 10.0 Å². The summed E-state index contributed by atoms with van der Waals surface area (Å²) >= 11 is 0. The number of amides is 2. The van der Waals surface area contributed by atoms with Crippen LogP contribution < -0.4 is 5.43 Å². The van der Waals surface area contributed by atoms with E-state index in [1.165, 1.54) is 11.1 Å². The molecule has 0 saturated carbocycles. The van der Waals surface area contributed by atoms with Gasteiger partial charge in [-0.1, -0.05) is 30.3 Å². The van der Waals surface area contributed by atoms with Gasteiger partial charge >= 0.3 is 11.8 Å². The molecule has 0 radical (unpaired) electrons. The average Bonchev–Trinajstić information content (AvgIpc) is 2.57. The molecule has 2 N–H and O–H groups in total. The second-order valence-corrected chi connectivity index (χ2v) is 4.90. The zero-order valence-electron chi connectivity index (χ0n) is 13.1. The van der Waals surface area contributed by atoms with E-state index in [1.54, 1.807) is 26.0 Å². The number of fused-ring (bicyclic) bond motifs is 1. The van der Waals surface area contributed by atoms with Gasteiger partial charge in [0.15, 0.2) is 0 Å². The third-order valence-electron chi connectivity index (χ3n) is 3.55. The number of benzene rings is 2. The van der Waals surface area contributed by atoms with Crippen molar-refractivity contribution < 1.29 is 14.7 Å². The number of hydrogen-bond donors (Lipinski definition) is 2. The molecule has 2 aromatic rings. The van der Waals surface area contributed by atoms with E-state index in [4.69, 9.17) is 0 Å². The van der Waals surface area contributed by atoms with Crippen LogP contribution in [0.5, 0.6) is 5.75 Å². The van der Waals surface area contributed by atoms with Crippen LogP contribution in [-0.2, 0) is 9.59 Å². The maximum atomic E-state index is 11.8. The van der Waals surface area contributed by atoms with E-state index >= 15 is 0 Å². The normalized spacial score (nSPS) is 10.9. The molecule has 0 spiro atoms. The molecule has 0 bridgehead atoms. The Morgan fingerprint density at radius 1 is 1.17 bits per heavy atom. The minimum absolute atomic E-state index is 0.0526. The Bertz CT molecular complexity index is 752. The first-order chi connectivity index (χ1) is 11.1. The molecule has 0 atom stereocenters. The van der Waals surface area contributed by atoms with Crippen LogP contribution in [0.1, 0.15) is 19.4 Å². The fourth-order valence-corrected chi connectivity index (χ4v) is 2.28. The van der Waals surface area contributed by atoms with Gasteiger partial charge in [0.25, 0.3) is 0 Å². The van der Waals surface area contributed by atoms with Crippen molar-refractivity contribution in [1.82, 2.24) is 10.3 Å². The SMILES string of the molecule is CCN(CC)C(=O)C(=O)NN=Cc1c(O)ccc2ccccc12. The molecule has 0 unspecified atom stereocenters. The number of phenols is 1. The molecule has 2 aromatic carbocycles. The van der Waals surface area contributed by atoms with Crippen molar-refractivity contribution in [3.63, 3.8) is 0 Å². The number of phenolic OH excluding ortho intramolecular Hbond substituents is 1. The van der Waals surface area contributed by atoms with Gasteiger partial charge in [0.1, 0.15) is 5.75 Å². The molecular formula is C17H19N3O3. The van der Waals surface area contributed by atoms with E-state index in [0.29, 0.717) is 18.7 Å². The Morgan fingerprint density at radius 2 is 1.87 bits per heavy atom. The van der Waals surface area contributed by atoms with E-state index in [2.05, 4.69) is 10.5 Å². The van der Waals surface area contributed by atoms with Crippen molar-refractivity contribution >= 4 is 28.8 Å². The number of likely N-dealkylation sites (N-methyl/N-ethyl adjacent to an activating group) is 1. The van der Waals surface area contributed by atoms with Crippen molar-refractivity contribution in [3.05, 3.63) is 42.0 Å².